The van der Waals surface area contributed by atoms with Gasteiger partial charge in [0.05, 0.1) is 24.4 Å². The van der Waals surface area contributed by atoms with E-state index in [1.807, 2.05) is 30.3 Å². The van der Waals surface area contributed by atoms with E-state index in [4.69, 9.17) is 37.4 Å². The molecule has 2 aromatic rings. The lowest BCUT2D eigenvalue weighted by Crippen LogP contribution is -2.60. The van der Waals surface area contributed by atoms with Crippen LogP contribution in [0.4, 0.5) is 10.5 Å². The smallest absolute Gasteiger partial charge is 0.408 e. The second-order valence-corrected chi connectivity index (χ2v) is 9.93. The second kappa shape index (κ2) is 9.09. The van der Waals surface area contributed by atoms with E-state index in [-0.39, 0.29) is 16.6 Å². The fourth-order valence-electron chi connectivity index (χ4n) is 4.16. The minimum absolute atomic E-state index is 0.187. The first-order chi connectivity index (χ1) is 16.5. The van der Waals surface area contributed by atoms with Gasteiger partial charge in [0.25, 0.3) is 5.91 Å². The maximum absolute atomic E-state index is 14.2. The highest BCUT2D eigenvalue weighted by Crippen LogP contribution is 2.50. The molecular formula is C25H24Cl2N2O6. The lowest BCUT2D eigenvalue weighted by Gasteiger charge is -2.35. The second-order valence-electron chi connectivity index (χ2n) is 9.14. The van der Waals surface area contributed by atoms with Gasteiger partial charge >= 0.3 is 12.1 Å². The highest BCUT2D eigenvalue weighted by molar-refractivity contribution is 6.49. The minimum atomic E-state index is -1.95. The lowest BCUT2D eigenvalue weighted by molar-refractivity contribution is -0.145. The first kappa shape index (κ1) is 24.9. The number of hydrogen-bond donors (Lipinski definition) is 1. The van der Waals surface area contributed by atoms with Crippen molar-refractivity contribution in [1.29, 1.82) is 0 Å². The Morgan fingerprint density at radius 3 is 2.40 bits per heavy atom. The quantitative estimate of drug-likeness (QED) is 0.582. The molecule has 0 unspecified atom stereocenters. The number of nitrogens with zero attached hydrogens (tertiary/aromatic N) is 1. The molecule has 2 atom stereocenters. The summed E-state index contributed by atoms with van der Waals surface area (Å²) in [5, 5.41) is 2.11. The molecule has 184 valence electrons. The number of carbonyl (C=O) groups excluding carboxylic acids is 3. The largest absolute Gasteiger partial charge is 0.497 e. The molecule has 0 saturated heterocycles. The molecule has 2 aliphatic rings. The molecule has 2 amide bonds. The Morgan fingerprint density at radius 2 is 1.83 bits per heavy atom. The van der Waals surface area contributed by atoms with Crippen LogP contribution in [-0.2, 0) is 31.1 Å². The summed E-state index contributed by atoms with van der Waals surface area (Å²) in [7, 11) is 1.47. The van der Waals surface area contributed by atoms with E-state index in [1.165, 1.54) is 12.0 Å². The van der Waals surface area contributed by atoms with Crippen LogP contribution in [0, 0.1) is 0 Å². The van der Waals surface area contributed by atoms with Crippen molar-refractivity contribution in [3.8, 4) is 5.75 Å². The zero-order chi connectivity index (χ0) is 25.5. The number of fused-ring (bicyclic) bond motifs is 1. The third-order valence-corrected chi connectivity index (χ3v) is 6.46. The third kappa shape index (κ3) is 4.44. The molecule has 0 spiro atoms. The van der Waals surface area contributed by atoms with Gasteiger partial charge in [-0.3, -0.25) is 10.1 Å². The Kier molecular flexibility index (Phi) is 6.46. The number of halogens is 2. The van der Waals surface area contributed by atoms with Crippen LogP contribution < -0.4 is 15.0 Å². The Labute approximate surface area is 212 Å². The SMILES string of the molecule is COc1ccc2c(c1)[C@@](NC(=O)OC(C)(C)C)([C@H]1OC(=O)C(Cl)=C1Cl)C(=O)N2Cc1ccccc1. The number of nitrogens with one attached hydrogen (secondary N) is 1. The molecule has 0 bridgehead atoms. The number of carbonyl (C=O) groups is 3. The van der Waals surface area contributed by atoms with Crippen molar-refractivity contribution in [2.45, 2.75) is 44.6 Å². The fraction of sp³-hybridized carbons (Fsp3) is 0.320. The van der Waals surface area contributed by atoms with E-state index >= 15 is 0 Å². The molecule has 0 aliphatic carbocycles. The summed E-state index contributed by atoms with van der Waals surface area (Å²) < 4.78 is 16.3. The van der Waals surface area contributed by atoms with Gasteiger partial charge in [-0.1, -0.05) is 53.5 Å². The van der Waals surface area contributed by atoms with Gasteiger partial charge < -0.3 is 19.1 Å². The predicted molar refractivity (Wildman–Crippen MR) is 130 cm³/mol. The number of cyclic esters (lactones) is 1. The average molecular weight is 519 g/mol. The zero-order valence-electron chi connectivity index (χ0n) is 19.6. The summed E-state index contributed by atoms with van der Waals surface area (Å²) in [5.41, 5.74) is -1.16. The summed E-state index contributed by atoms with van der Waals surface area (Å²) in [6.07, 6.45) is -2.32. The number of hydrogen-bond acceptors (Lipinski definition) is 6. The van der Waals surface area contributed by atoms with Gasteiger partial charge in [0.1, 0.15) is 16.4 Å². The van der Waals surface area contributed by atoms with Crippen molar-refractivity contribution >= 4 is 46.9 Å². The van der Waals surface area contributed by atoms with E-state index in [9.17, 15) is 14.4 Å². The van der Waals surface area contributed by atoms with Crippen molar-refractivity contribution in [2.24, 2.45) is 0 Å². The van der Waals surface area contributed by atoms with E-state index in [2.05, 4.69) is 5.32 Å². The number of anilines is 1. The molecular weight excluding hydrogens is 495 g/mol. The first-order valence-corrected chi connectivity index (χ1v) is 11.5. The lowest BCUT2D eigenvalue weighted by atomic mass is 9.85. The molecule has 8 nitrogen and oxygen atoms in total. The van der Waals surface area contributed by atoms with Gasteiger partial charge in [-0.15, -0.1) is 0 Å². The van der Waals surface area contributed by atoms with E-state index in [0.717, 1.165) is 5.56 Å². The first-order valence-electron chi connectivity index (χ1n) is 10.8. The predicted octanol–water partition coefficient (Wildman–Crippen LogP) is 4.58. The van der Waals surface area contributed by atoms with Crippen LogP contribution in [0.5, 0.6) is 5.75 Å². The van der Waals surface area contributed by atoms with Gasteiger partial charge in [0.2, 0.25) is 0 Å². The van der Waals surface area contributed by atoms with Gasteiger partial charge in [-0.05, 0) is 44.5 Å². The highest BCUT2D eigenvalue weighted by atomic mass is 35.5. The van der Waals surface area contributed by atoms with Crippen molar-refractivity contribution in [1.82, 2.24) is 5.32 Å². The number of rotatable bonds is 5. The van der Waals surface area contributed by atoms with Crippen molar-refractivity contribution < 1.29 is 28.6 Å². The summed E-state index contributed by atoms with van der Waals surface area (Å²) >= 11 is 12.5. The van der Waals surface area contributed by atoms with Crippen molar-refractivity contribution in [3.63, 3.8) is 0 Å². The van der Waals surface area contributed by atoms with Crippen molar-refractivity contribution in [2.75, 3.05) is 12.0 Å². The topological polar surface area (TPSA) is 94.2 Å². The number of alkyl carbamates (subject to hydrolysis) is 1. The monoisotopic (exact) mass is 518 g/mol. The Morgan fingerprint density at radius 1 is 1.14 bits per heavy atom. The molecule has 2 heterocycles. The number of methoxy groups -OCH3 is 1. The Balaban J connectivity index is 1.91. The summed E-state index contributed by atoms with van der Waals surface area (Å²) in [6.45, 7) is 5.25. The molecule has 0 aromatic heterocycles. The Bertz CT molecular complexity index is 1220. The molecule has 4 rings (SSSR count). The highest BCUT2D eigenvalue weighted by Gasteiger charge is 2.62. The van der Waals surface area contributed by atoms with Crippen molar-refractivity contribution in [3.05, 3.63) is 69.7 Å². The molecule has 0 saturated carbocycles. The molecule has 0 fully saturated rings. The van der Waals surface area contributed by atoms with Gasteiger partial charge in [-0.2, -0.15) is 0 Å². The standard InChI is InChI=1S/C25H24Cl2N2O6/c1-24(2,3)35-23(32)28-25(20-18(26)19(27)21(30)34-20)16-12-15(33-4)10-11-17(16)29(22(25)31)13-14-8-6-5-7-9-14/h5-12,20H,13H2,1-4H3,(H,28,32)/t20-,25+/m0/s1. The van der Waals surface area contributed by atoms with E-state index in [1.54, 1.807) is 39.0 Å². The van der Waals surface area contributed by atoms with Crippen LogP contribution in [0.2, 0.25) is 0 Å². The van der Waals surface area contributed by atoms with Gasteiger partial charge in [0, 0.05) is 5.56 Å². The van der Waals surface area contributed by atoms with Crippen LogP contribution >= 0.6 is 23.2 Å². The number of benzene rings is 2. The zero-order valence-corrected chi connectivity index (χ0v) is 21.1. The molecule has 10 heteroatoms. The molecule has 1 N–H and O–H groups in total. The summed E-state index contributed by atoms with van der Waals surface area (Å²) in [6, 6.07) is 14.3. The number of amides is 2. The van der Waals surface area contributed by atoms with Crippen LogP contribution in [0.15, 0.2) is 58.6 Å². The third-order valence-electron chi connectivity index (χ3n) is 5.62. The van der Waals surface area contributed by atoms with E-state index < -0.39 is 35.2 Å². The maximum atomic E-state index is 14.2. The van der Waals surface area contributed by atoms with Crippen LogP contribution in [0.25, 0.3) is 0 Å². The molecule has 35 heavy (non-hydrogen) atoms. The van der Waals surface area contributed by atoms with E-state index in [0.29, 0.717) is 17.0 Å². The maximum Gasteiger partial charge on any atom is 0.408 e. The van der Waals surface area contributed by atoms with Gasteiger partial charge in [-0.25, -0.2) is 9.59 Å². The van der Waals surface area contributed by atoms with Crippen LogP contribution in [0.3, 0.4) is 0 Å². The molecule has 2 aromatic carbocycles. The fourth-order valence-corrected chi connectivity index (χ4v) is 4.59. The number of esters is 1. The summed E-state index contributed by atoms with van der Waals surface area (Å²) in [4.78, 5) is 41.1. The Hall–Kier alpha value is -3.23. The van der Waals surface area contributed by atoms with Gasteiger partial charge in [0.15, 0.2) is 11.6 Å². The summed E-state index contributed by atoms with van der Waals surface area (Å²) in [5.74, 6) is -1.05. The molecule has 2 aliphatic heterocycles. The minimum Gasteiger partial charge on any atom is -0.497 e. The normalized spacial score (nSPS) is 21.7. The molecule has 0 radical (unpaired) electrons. The number of ether oxygens (including phenoxy) is 3. The average Bonchev–Trinajstić information content (AvgIpc) is 3.19. The van der Waals surface area contributed by atoms with Crippen LogP contribution in [0.1, 0.15) is 31.9 Å². The van der Waals surface area contributed by atoms with Crippen LogP contribution in [-0.4, -0.2) is 36.8 Å².